The summed E-state index contributed by atoms with van der Waals surface area (Å²) in [5, 5.41) is 7.44. The number of likely N-dealkylation sites (N-methyl/N-ethyl adjacent to an activating group) is 1. The van der Waals surface area contributed by atoms with Gasteiger partial charge < -0.3 is 0 Å². The van der Waals surface area contributed by atoms with Crippen molar-refractivity contribution in [2.45, 2.75) is 0 Å². The van der Waals surface area contributed by atoms with Crippen molar-refractivity contribution in [2.75, 3.05) is 19.5 Å². The van der Waals surface area contributed by atoms with Crippen LogP contribution in [0.3, 0.4) is 0 Å². The molecule has 0 aliphatic carbocycles. The molecule has 0 aromatic heterocycles. The molecule has 12 heavy (non-hydrogen) atoms. The fourth-order valence-electron chi connectivity index (χ4n) is 0.930. The van der Waals surface area contributed by atoms with Gasteiger partial charge >= 0.3 is 6.03 Å². The minimum atomic E-state index is -0.273. The molecular formula is C6H8ClN3OS. The standard InChI is InChI=1S/C6H8ClN3OS/c1-9-5(12)4(8)10(3-2-7)6(9)11/h8H,2-3H2,1H3. The molecular weight excluding hydrogens is 198 g/mol. The highest BCUT2D eigenvalue weighted by atomic mass is 35.5. The van der Waals surface area contributed by atoms with Crippen molar-refractivity contribution in [3.05, 3.63) is 0 Å². The Bertz CT molecular complexity index is 255. The molecule has 1 fully saturated rings. The lowest BCUT2D eigenvalue weighted by molar-refractivity contribution is 0.212. The van der Waals surface area contributed by atoms with E-state index in [4.69, 9.17) is 29.2 Å². The number of urea groups is 1. The second kappa shape index (κ2) is 3.37. The maximum Gasteiger partial charge on any atom is 0.330 e. The summed E-state index contributed by atoms with van der Waals surface area (Å²) >= 11 is 10.3. The molecule has 1 aliphatic rings. The van der Waals surface area contributed by atoms with Gasteiger partial charge in [0.15, 0.2) is 10.8 Å². The van der Waals surface area contributed by atoms with Gasteiger partial charge in [0, 0.05) is 19.5 Å². The van der Waals surface area contributed by atoms with E-state index in [0.29, 0.717) is 12.4 Å². The molecule has 1 aliphatic heterocycles. The van der Waals surface area contributed by atoms with Crippen LogP contribution in [0.4, 0.5) is 4.79 Å². The zero-order valence-corrected chi connectivity index (χ0v) is 8.08. The maximum absolute atomic E-state index is 11.3. The average molecular weight is 206 g/mol. The van der Waals surface area contributed by atoms with Gasteiger partial charge in [0.2, 0.25) is 0 Å². The van der Waals surface area contributed by atoms with Crippen molar-refractivity contribution in [2.24, 2.45) is 0 Å². The Hall–Kier alpha value is -0.680. The number of carbonyl (C=O) groups excluding carboxylic acids is 1. The molecule has 1 rings (SSSR count). The summed E-state index contributed by atoms with van der Waals surface area (Å²) in [6.07, 6.45) is 0. The highest BCUT2D eigenvalue weighted by molar-refractivity contribution is 7.82. The molecule has 6 heteroatoms. The highest BCUT2D eigenvalue weighted by Gasteiger charge is 2.35. The fourth-order valence-corrected chi connectivity index (χ4v) is 1.29. The van der Waals surface area contributed by atoms with Crippen molar-refractivity contribution < 1.29 is 4.79 Å². The van der Waals surface area contributed by atoms with Gasteiger partial charge in [0.05, 0.1) is 0 Å². The van der Waals surface area contributed by atoms with E-state index < -0.39 is 0 Å². The second-order valence-electron chi connectivity index (χ2n) is 2.34. The van der Waals surface area contributed by atoms with Gasteiger partial charge in [-0.2, -0.15) is 0 Å². The van der Waals surface area contributed by atoms with Crippen LogP contribution in [0.25, 0.3) is 0 Å². The van der Waals surface area contributed by atoms with Gasteiger partial charge in [-0.1, -0.05) is 12.2 Å². The number of hydrogen-bond donors (Lipinski definition) is 1. The van der Waals surface area contributed by atoms with E-state index in [1.54, 1.807) is 7.05 Å². The molecule has 0 aromatic rings. The Kier molecular flexibility index (Phi) is 2.64. The molecule has 0 spiro atoms. The number of nitrogens with one attached hydrogen (secondary N) is 1. The van der Waals surface area contributed by atoms with Crippen molar-refractivity contribution in [1.82, 2.24) is 9.80 Å². The Morgan fingerprint density at radius 1 is 1.67 bits per heavy atom. The first kappa shape index (κ1) is 9.41. The molecule has 4 nitrogen and oxygen atoms in total. The molecule has 0 radical (unpaired) electrons. The van der Waals surface area contributed by atoms with E-state index in [1.165, 1.54) is 9.80 Å². The largest absolute Gasteiger partial charge is 0.330 e. The normalized spacial score (nSPS) is 18.0. The predicted molar refractivity (Wildman–Crippen MR) is 50.9 cm³/mol. The number of carbonyl (C=O) groups is 1. The summed E-state index contributed by atoms with van der Waals surface area (Å²) in [5.74, 6) is 0.378. The second-order valence-corrected chi connectivity index (χ2v) is 3.10. The van der Waals surface area contributed by atoms with E-state index >= 15 is 0 Å². The number of hydrogen-bond acceptors (Lipinski definition) is 3. The third-order valence-electron chi connectivity index (χ3n) is 1.60. The zero-order valence-electron chi connectivity index (χ0n) is 6.50. The summed E-state index contributed by atoms with van der Waals surface area (Å²) in [7, 11) is 1.55. The number of alkyl halides is 1. The number of rotatable bonds is 2. The number of halogens is 1. The van der Waals surface area contributed by atoms with Gasteiger partial charge in [0.1, 0.15) is 0 Å². The van der Waals surface area contributed by atoms with E-state index in [1.807, 2.05) is 0 Å². The van der Waals surface area contributed by atoms with Crippen LogP contribution in [0.1, 0.15) is 0 Å². The van der Waals surface area contributed by atoms with Crippen molar-refractivity contribution in [3.8, 4) is 0 Å². The molecule has 66 valence electrons. The minimum Gasteiger partial charge on any atom is -0.284 e. The summed E-state index contributed by atoms with van der Waals surface area (Å²) in [6, 6.07) is -0.273. The first-order valence-electron chi connectivity index (χ1n) is 3.33. The summed E-state index contributed by atoms with van der Waals surface area (Å²) in [5.41, 5.74) is 0. The molecule has 0 saturated carbocycles. The smallest absolute Gasteiger partial charge is 0.284 e. The third kappa shape index (κ3) is 1.30. The number of nitrogens with zero attached hydrogens (tertiary/aromatic N) is 2. The Morgan fingerprint density at radius 2 is 2.25 bits per heavy atom. The monoisotopic (exact) mass is 205 g/mol. The first-order chi connectivity index (χ1) is 5.59. The summed E-state index contributed by atoms with van der Waals surface area (Å²) in [4.78, 5) is 14.1. The molecule has 1 N–H and O–H groups in total. The zero-order chi connectivity index (χ0) is 9.30. The van der Waals surface area contributed by atoms with E-state index in [9.17, 15) is 4.79 Å². The van der Waals surface area contributed by atoms with Gasteiger partial charge in [-0.25, -0.2) is 4.79 Å². The quantitative estimate of drug-likeness (QED) is 0.538. The van der Waals surface area contributed by atoms with Gasteiger partial charge in [-0.05, 0) is 0 Å². The average Bonchev–Trinajstić information content (AvgIpc) is 2.23. The topological polar surface area (TPSA) is 47.4 Å². The molecule has 1 heterocycles. The molecule has 1 saturated heterocycles. The SMILES string of the molecule is CN1C(=O)N(CCCl)C(=N)C1=S. The number of amides is 2. The van der Waals surface area contributed by atoms with Crippen molar-refractivity contribution in [3.63, 3.8) is 0 Å². The summed E-state index contributed by atoms with van der Waals surface area (Å²) in [6.45, 7) is 0.337. The Balaban J connectivity index is 2.84. The van der Waals surface area contributed by atoms with Crippen LogP contribution in [-0.4, -0.2) is 46.1 Å². The lowest BCUT2D eigenvalue weighted by atomic mass is 10.5. The predicted octanol–water partition coefficient (Wildman–Crippen LogP) is 0.897. The van der Waals surface area contributed by atoms with Crippen LogP contribution >= 0.6 is 23.8 Å². The number of thiocarbonyl (C=S) groups is 1. The van der Waals surface area contributed by atoms with E-state index in [2.05, 4.69) is 0 Å². The van der Waals surface area contributed by atoms with Crippen molar-refractivity contribution in [1.29, 1.82) is 5.41 Å². The summed E-state index contributed by atoms with van der Waals surface area (Å²) < 4.78 is 0. The van der Waals surface area contributed by atoms with Gasteiger partial charge in [0.25, 0.3) is 0 Å². The van der Waals surface area contributed by atoms with Crippen LogP contribution in [0, 0.1) is 5.41 Å². The molecule has 0 unspecified atom stereocenters. The molecule has 0 bridgehead atoms. The maximum atomic E-state index is 11.3. The van der Waals surface area contributed by atoms with Crippen LogP contribution < -0.4 is 0 Å². The van der Waals surface area contributed by atoms with E-state index in [-0.39, 0.29) is 16.9 Å². The Labute approximate surface area is 80.6 Å². The van der Waals surface area contributed by atoms with E-state index in [0.717, 1.165) is 0 Å². The van der Waals surface area contributed by atoms with Crippen LogP contribution in [-0.2, 0) is 0 Å². The van der Waals surface area contributed by atoms with Crippen LogP contribution in [0.5, 0.6) is 0 Å². The third-order valence-corrected chi connectivity index (χ3v) is 2.24. The van der Waals surface area contributed by atoms with Crippen LogP contribution in [0.15, 0.2) is 0 Å². The van der Waals surface area contributed by atoms with Crippen LogP contribution in [0.2, 0.25) is 0 Å². The van der Waals surface area contributed by atoms with Gasteiger partial charge in [-0.15, -0.1) is 11.6 Å². The Morgan fingerprint density at radius 3 is 2.58 bits per heavy atom. The van der Waals surface area contributed by atoms with Crippen molar-refractivity contribution >= 4 is 40.7 Å². The van der Waals surface area contributed by atoms with Gasteiger partial charge in [-0.3, -0.25) is 15.2 Å². The highest BCUT2D eigenvalue weighted by Crippen LogP contribution is 2.10. The first-order valence-corrected chi connectivity index (χ1v) is 4.28. The molecule has 0 atom stereocenters. The fraction of sp³-hybridized carbons (Fsp3) is 0.500. The molecule has 2 amide bonds. The minimum absolute atomic E-state index is 0.0677. The number of amidine groups is 1. The molecule has 0 aromatic carbocycles. The lowest BCUT2D eigenvalue weighted by Crippen LogP contribution is -2.32. The lowest BCUT2D eigenvalue weighted by Gasteiger charge is -2.11.